The quantitative estimate of drug-likeness (QED) is 0.630. The Balaban J connectivity index is 1.75. The molecule has 0 saturated heterocycles. The summed E-state index contributed by atoms with van der Waals surface area (Å²) in [5.41, 5.74) is 0.963. The average Bonchev–Trinajstić information content (AvgIpc) is 3.05. The lowest BCUT2D eigenvalue weighted by Crippen LogP contribution is -2.33. The van der Waals surface area contributed by atoms with Crippen molar-refractivity contribution < 1.29 is 38.4 Å². The van der Waals surface area contributed by atoms with Gasteiger partial charge in [-0.15, -0.1) is 0 Å². The van der Waals surface area contributed by atoms with Gasteiger partial charge in [-0.05, 0) is 24.3 Å². The van der Waals surface area contributed by atoms with Gasteiger partial charge in [0.25, 0.3) is 5.91 Å². The summed E-state index contributed by atoms with van der Waals surface area (Å²) in [6, 6.07) is 9.82. The number of hydrogen-bond donors (Lipinski definition) is 2. The van der Waals surface area contributed by atoms with Gasteiger partial charge in [0.15, 0.2) is 23.9 Å². The van der Waals surface area contributed by atoms with Crippen LogP contribution < -0.4 is 24.3 Å². The van der Waals surface area contributed by atoms with Crippen molar-refractivity contribution in [3.05, 3.63) is 53.3 Å². The fraction of sp³-hybridized carbons (Fsp3) is 0.190. The molecule has 30 heavy (non-hydrogen) atoms. The number of para-hydroxylation sites is 1. The standard InChI is InChI=1S/C21H19NO8/c1-27-15-5-3-4-12(21(15)28-2)8-17-20(26)14-7-6-13(9-16(14)30-17)29-11-18(23)22-10-19(24)25/h3-9H,10-11H2,1-2H3,(H,22,23)(H,24,25). The number of carbonyl (C=O) groups excluding carboxylic acids is 2. The molecule has 0 saturated carbocycles. The molecule has 1 aliphatic heterocycles. The lowest BCUT2D eigenvalue weighted by atomic mass is 10.1. The highest BCUT2D eigenvalue weighted by atomic mass is 16.5. The van der Waals surface area contributed by atoms with Crippen LogP contribution in [0, 0.1) is 0 Å². The fourth-order valence-electron chi connectivity index (χ4n) is 2.80. The molecule has 1 aliphatic rings. The number of Topliss-reactive ketones (excluding diaryl/α,β-unsaturated/α-hetero) is 1. The zero-order valence-corrected chi connectivity index (χ0v) is 16.3. The lowest BCUT2D eigenvalue weighted by molar-refractivity contribution is -0.138. The van der Waals surface area contributed by atoms with Gasteiger partial charge in [0.05, 0.1) is 19.8 Å². The number of carboxylic acids is 1. The number of benzene rings is 2. The molecule has 1 amide bonds. The molecule has 2 aromatic rings. The van der Waals surface area contributed by atoms with Crippen molar-refractivity contribution in [1.82, 2.24) is 5.32 Å². The third-order valence-corrected chi connectivity index (χ3v) is 4.17. The zero-order valence-electron chi connectivity index (χ0n) is 16.3. The van der Waals surface area contributed by atoms with Crippen LogP contribution in [0.5, 0.6) is 23.0 Å². The number of methoxy groups -OCH3 is 2. The molecular weight excluding hydrogens is 394 g/mol. The molecule has 0 bridgehead atoms. The van der Waals surface area contributed by atoms with E-state index >= 15 is 0 Å². The molecule has 1 heterocycles. The van der Waals surface area contributed by atoms with E-state index in [1.165, 1.54) is 32.4 Å². The number of ketones is 1. The number of nitrogens with one attached hydrogen (secondary N) is 1. The Kier molecular flexibility index (Phi) is 6.21. The Morgan fingerprint density at radius 3 is 2.67 bits per heavy atom. The number of hydrogen-bond acceptors (Lipinski definition) is 7. The van der Waals surface area contributed by atoms with Crippen LogP contribution in [-0.2, 0) is 9.59 Å². The van der Waals surface area contributed by atoms with E-state index in [9.17, 15) is 14.4 Å². The first-order valence-electron chi connectivity index (χ1n) is 8.83. The molecule has 156 valence electrons. The van der Waals surface area contributed by atoms with Crippen molar-refractivity contribution >= 4 is 23.7 Å². The van der Waals surface area contributed by atoms with Crippen LogP contribution in [0.4, 0.5) is 0 Å². The molecule has 0 aliphatic carbocycles. The summed E-state index contributed by atoms with van der Waals surface area (Å²) in [5, 5.41) is 10.7. The third-order valence-electron chi connectivity index (χ3n) is 4.17. The van der Waals surface area contributed by atoms with Crippen LogP contribution in [0.1, 0.15) is 15.9 Å². The molecule has 3 rings (SSSR count). The monoisotopic (exact) mass is 413 g/mol. The predicted molar refractivity (Wildman–Crippen MR) is 105 cm³/mol. The van der Waals surface area contributed by atoms with Gasteiger partial charge >= 0.3 is 5.97 Å². The molecule has 0 unspecified atom stereocenters. The summed E-state index contributed by atoms with van der Waals surface area (Å²) in [6.07, 6.45) is 1.56. The summed E-state index contributed by atoms with van der Waals surface area (Å²) in [4.78, 5) is 34.7. The first-order chi connectivity index (χ1) is 14.4. The summed E-state index contributed by atoms with van der Waals surface area (Å²) < 4.78 is 21.6. The van der Waals surface area contributed by atoms with Crippen molar-refractivity contribution in [2.45, 2.75) is 0 Å². The van der Waals surface area contributed by atoms with Crippen LogP contribution >= 0.6 is 0 Å². The topological polar surface area (TPSA) is 120 Å². The Hall–Kier alpha value is -4.01. The van der Waals surface area contributed by atoms with Crippen molar-refractivity contribution in [3.8, 4) is 23.0 Å². The van der Waals surface area contributed by atoms with E-state index in [0.717, 1.165) is 0 Å². The fourth-order valence-corrected chi connectivity index (χ4v) is 2.80. The second kappa shape index (κ2) is 8.99. The first-order valence-corrected chi connectivity index (χ1v) is 8.83. The van der Waals surface area contributed by atoms with Crippen LogP contribution in [0.3, 0.4) is 0 Å². The largest absolute Gasteiger partial charge is 0.493 e. The molecule has 0 spiro atoms. The highest BCUT2D eigenvalue weighted by Crippen LogP contribution is 2.37. The molecule has 9 heteroatoms. The van der Waals surface area contributed by atoms with Crippen molar-refractivity contribution in [2.24, 2.45) is 0 Å². The van der Waals surface area contributed by atoms with Gasteiger partial charge in [-0.25, -0.2) is 0 Å². The Morgan fingerprint density at radius 2 is 1.97 bits per heavy atom. The van der Waals surface area contributed by atoms with Gasteiger partial charge in [-0.1, -0.05) is 12.1 Å². The van der Waals surface area contributed by atoms with E-state index in [2.05, 4.69) is 5.32 Å². The smallest absolute Gasteiger partial charge is 0.322 e. The molecular formula is C21H19NO8. The van der Waals surface area contributed by atoms with Crippen molar-refractivity contribution in [1.29, 1.82) is 0 Å². The Bertz CT molecular complexity index is 1030. The van der Waals surface area contributed by atoms with Gasteiger partial charge in [0.1, 0.15) is 18.0 Å². The number of rotatable bonds is 8. The number of carbonyl (C=O) groups is 3. The zero-order chi connectivity index (χ0) is 21.7. The van der Waals surface area contributed by atoms with Crippen LogP contribution in [0.15, 0.2) is 42.2 Å². The molecule has 2 aromatic carbocycles. The summed E-state index contributed by atoms with van der Waals surface area (Å²) in [6.45, 7) is -0.865. The van der Waals surface area contributed by atoms with Gasteiger partial charge in [0.2, 0.25) is 5.78 Å². The van der Waals surface area contributed by atoms with E-state index < -0.39 is 18.4 Å². The van der Waals surface area contributed by atoms with Crippen LogP contribution in [-0.4, -0.2) is 50.1 Å². The van der Waals surface area contributed by atoms with Crippen molar-refractivity contribution in [2.75, 3.05) is 27.4 Å². The number of allylic oxidation sites excluding steroid dienone is 1. The van der Waals surface area contributed by atoms with Crippen molar-refractivity contribution in [3.63, 3.8) is 0 Å². The Morgan fingerprint density at radius 1 is 1.17 bits per heavy atom. The molecule has 0 fully saturated rings. The number of carboxylic acid groups (broad SMARTS) is 1. The molecule has 0 atom stereocenters. The summed E-state index contributed by atoms with van der Waals surface area (Å²) in [7, 11) is 3.02. The number of amides is 1. The lowest BCUT2D eigenvalue weighted by Gasteiger charge is -2.10. The van der Waals surface area contributed by atoms with E-state index in [4.69, 9.17) is 24.1 Å². The van der Waals surface area contributed by atoms with Gasteiger partial charge in [0, 0.05) is 11.6 Å². The Labute approximate surface area is 171 Å². The number of fused-ring (bicyclic) bond motifs is 1. The maximum Gasteiger partial charge on any atom is 0.322 e. The van der Waals surface area contributed by atoms with E-state index in [-0.39, 0.29) is 23.9 Å². The summed E-state index contributed by atoms with van der Waals surface area (Å²) in [5.74, 6) is -0.361. The van der Waals surface area contributed by atoms with Crippen LogP contribution in [0.25, 0.3) is 6.08 Å². The third kappa shape index (κ3) is 4.52. The summed E-state index contributed by atoms with van der Waals surface area (Å²) >= 11 is 0. The minimum atomic E-state index is -1.15. The van der Waals surface area contributed by atoms with E-state index in [1.54, 1.807) is 24.3 Å². The molecule has 0 aromatic heterocycles. The van der Waals surface area contributed by atoms with Gasteiger partial charge in [-0.3, -0.25) is 14.4 Å². The second-order valence-electron chi connectivity index (χ2n) is 6.14. The number of aliphatic carboxylic acids is 1. The SMILES string of the molecule is COc1cccc(C=C2Oc3cc(OCC(=O)NCC(=O)O)ccc3C2=O)c1OC. The van der Waals surface area contributed by atoms with Gasteiger partial charge in [-0.2, -0.15) is 0 Å². The van der Waals surface area contributed by atoms with Gasteiger partial charge < -0.3 is 29.4 Å². The normalized spacial score (nSPS) is 13.4. The average molecular weight is 413 g/mol. The van der Waals surface area contributed by atoms with E-state index in [0.29, 0.717) is 28.4 Å². The maximum absolute atomic E-state index is 12.7. The molecule has 0 radical (unpaired) electrons. The molecule has 2 N–H and O–H groups in total. The maximum atomic E-state index is 12.7. The second-order valence-corrected chi connectivity index (χ2v) is 6.14. The minimum absolute atomic E-state index is 0.105. The number of ether oxygens (including phenoxy) is 4. The highest BCUT2D eigenvalue weighted by molar-refractivity contribution is 6.14. The minimum Gasteiger partial charge on any atom is -0.493 e. The molecule has 9 nitrogen and oxygen atoms in total. The first kappa shape index (κ1) is 20.7. The highest BCUT2D eigenvalue weighted by Gasteiger charge is 2.28. The predicted octanol–water partition coefficient (Wildman–Crippen LogP) is 1.90. The van der Waals surface area contributed by atoms with E-state index in [1.807, 2.05) is 0 Å². The van der Waals surface area contributed by atoms with Crippen LogP contribution in [0.2, 0.25) is 0 Å².